The van der Waals surface area contributed by atoms with E-state index in [2.05, 4.69) is 17.1 Å². The topological polar surface area (TPSA) is 46.3 Å². The van der Waals surface area contributed by atoms with Crippen LogP contribution in [0.5, 0.6) is 0 Å². The summed E-state index contributed by atoms with van der Waals surface area (Å²) in [7, 11) is 0. The predicted octanol–water partition coefficient (Wildman–Crippen LogP) is 5.04. The van der Waals surface area contributed by atoms with Gasteiger partial charge in [-0.25, -0.2) is 9.37 Å². The molecular weight excluding hydrogens is 367 g/mol. The smallest absolute Gasteiger partial charge is 0.223 e. The fraction of sp³-hybridized carbons (Fsp3) is 0.333. The largest absolute Gasteiger partial charge is 0.441 e. The third-order valence-electron chi connectivity index (χ3n) is 5.50. The third-order valence-corrected chi connectivity index (χ3v) is 5.50. The summed E-state index contributed by atoms with van der Waals surface area (Å²) in [5.41, 5.74) is 2.05. The van der Waals surface area contributed by atoms with E-state index in [0.717, 1.165) is 31.4 Å². The molecule has 0 saturated carbocycles. The lowest BCUT2D eigenvalue weighted by Gasteiger charge is -2.36. The summed E-state index contributed by atoms with van der Waals surface area (Å²) < 4.78 is 18.8. The molecule has 1 atom stereocenters. The number of aromatic nitrogens is 1. The average molecular weight is 392 g/mol. The second-order valence-electron chi connectivity index (χ2n) is 7.55. The molecule has 1 aliphatic rings. The molecular formula is C24H25FN2O2. The molecule has 0 spiro atoms. The van der Waals surface area contributed by atoms with Gasteiger partial charge in [0, 0.05) is 31.0 Å². The number of amides is 1. The number of nitrogens with zero attached hydrogens (tertiary/aromatic N) is 2. The lowest BCUT2D eigenvalue weighted by Crippen LogP contribution is -2.45. The first-order valence-electron chi connectivity index (χ1n) is 10.2. The number of likely N-dealkylation sites (tertiary alicyclic amines) is 1. The van der Waals surface area contributed by atoms with E-state index in [4.69, 9.17) is 4.42 Å². The number of hydrogen-bond acceptors (Lipinski definition) is 3. The molecule has 1 amide bonds. The van der Waals surface area contributed by atoms with Crippen molar-refractivity contribution in [2.75, 3.05) is 6.54 Å². The van der Waals surface area contributed by atoms with Gasteiger partial charge in [0.15, 0.2) is 11.7 Å². The highest BCUT2D eigenvalue weighted by Gasteiger charge is 2.26. The first-order valence-corrected chi connectivity index (χ1v) is 10.2. The van der Waals surface area contributed by atoms with E-state index < -0.39 is 0 Å². The highest BCUT2D eigenvalue weighted by molar-refractivity contribution is 5.76. The summed E-state index contributed by atoms with van der Waals surface area (Å²) in [4.78, 5) is 19.2. The van der Waals surface area contributed by atoms with Crippen LogP contribution in [0.2, 0.25) is 0 Å². The van der Waals surface area contributed by atoms with Gasteiger partial charge in [-0.3, -0.25) is 4.79 Å². The molecule has 1 aliphatic heterocycles. The Morgan fingerprint density at radius 2 is 1.90 bits per heavy atom. The molecule has 2 aromatic carbocycles. The number of rotatable bonds is 6. The van der Waals surface area contributed by atoms with Gasteiger partial charge < -0.3 is 9.32 Å². The summed E-state index contributed by atoms with van der Waals surface area (Å²) in [6, 6.07) is 16.7. The second kappa shape index (κ2) is 9.03. The van der Waals surface area contributed by atoms with Crippen molar-refractivity contribution in [2.24, 2.45) is 0 Å². The number of hydrogen-bond donors (Lipinski definition) is 0. The van der Waals surface area contributed by atoms with Crippen molar-refractivity contribution in [1.82, 2.24) is 9.88 Å². The minimum atomic E-state index is -0.286. The Kier molecular flexibility index (Phi) is 6.03. The average Bonchev–Trinajstić information content (AvgIpc) is 3.23. The minimum absolute atomic E-state index is 0.159. The van der Waals surface area contributed by atoms with Crippen LogP contribution in [0.25, 0.3) is 11.3 Å². The molecule has 0 unspecified atom stereocenters. The van der Waals surface area contributed by atoms with Gasteiger partial charge in [-0.05, 0) is 55.5 Å². The van der Waals surface area contributed by atoms with Gasteiger partial charge >= 0.3 is 0 Å². The summed E-state index contributed by atoms with van der Waals surface area (Å²) in [5, 5.41) is 0. The maximum Gasteiger partial charge on any atom is 0.223 e. The molecule has 1 aromatic heterocycles. The van der Waals surface area contributed by atoms with Gasteiger partial charge in [0.25, 0.3) is 0 Å². The van der Waals surface area contributed by atoms with Gasteiger partial charge in [-0.1, -0.05) is 30.3 Å². The Labute approximate surface area is 170 Å². The molecule has 0 N–H and O–H groups in total. The summed E-state index contributed by atoms with van der Waals surface area (Å²) in [6.07, 6.45) is 6.66. The fourth-order valence-electron chi connectivity index (χ4n) is 3.96. The van der Waals surface area contributed by atoms with E-state index in [9.17, 15) is 9.18 Å². The highest BCUT2D eigenvalue weighted by atomic mass is 19.1. The molecule has 4 rings (SSSR count). The monoisotopic (exact) mass is 392 g/mol. The van der Waals surface area contributed by atoms with Crippen molar-refractivity contribution in [2.45, 2.75) is 44.6 Å². The second-order valence-corrected chi connectivity index (χ2v) is 7.55. The van der Waals surface area contributed by atoms with Crippen LogP contribution < -0.4 is 0 Å². The maximum atomic E-state index is 13.1. The lowest BCUT2D eigenvalue weighted by molar-refractivity contribution is -0.134. The fourth-order valence-corrected chi connectivity index (χ4v) is 3.96. The molecule has 150 valence electrons. The number of oxazole rings is 1. The summed E-state index contributed by atoms with van der Waals surface area (Å²) >= 11 is 0. The molecule has 0 radical (unpaired) electrons. The Morgan fingerprint density at radius 1 is 1.10 bits per heavy atom. The van der Waals surface area contributed by atoms with Crippen molar-refractivity contribution in [1.29, 1.82) is 0 Å². The van der Waals surface area contributed by atoms with Crippen LogP contribution in [-0.2, 0) is 17.6 Å². The number of piperidine rings is 1. The van der Waals surface area contributed by atoms with Crippen LogP contribution >= 0.6 is 0 Å². The van der Waals surface area contributed by atoms with Crippen LogP contribution in [0.15, 0.2) is 65.2 Å². The summed E-state index contributed by atoms with van der Waals surface area (Å²) in [5.74, 6) is 1.000. The zero-order valence-corrected chi connectivity index (χ0v) is 16.4. The van der Waals surface area contributed by atoms with Gasteiger partial charge in [0.2, 0.25) is 5.91 Å². The van der Waals surface area contributed by atoms with Crippen molar-refractivity contribution in [3.05, 3.63) is 78.1 Å². The van der Waals surface area contributed by atoms with Crippen molar-refractivity contribution in [3.63, 3.8) is 0 Å². The molecule has 4 nitrogen and oxygen atoms in total. The Bertz CT molecular complexity index is 937. The van der Waals surface area contributed by atoms with E-state index in [0.29, 0.717) is 24.5 Å². The molecule has 5 heteroatoms. The van der Waals surface area contributed by atoms with Crippen LogP contribution in [0.1, 0.15) is 37.1 Å². The Balaban J connectivity index is 1.36. The van der Waals surface area contributed by atoms with E-state index >= 15 is 0 Å². The zero-order chi connectivity index (χ0) is 20.1. The number of carbonyl (C=O) groups excluding carboxylic acids is 1. The van der Waals surface area contributed by atoms with Crippen LogP contribution in [0.4, 0.5) is 4.39 Å². The minimum Gasteiger partial charge on any atom is -0.441 e. The molecule has 1 saturated heterocycles. The molecule has 0 bridgehead atoms. The van der Waals surface area contributed by atoms with Crippen LogP contribution in [0.3, 0.4) is 0 Å². The lowest BCUT2D eigenvalue weighted by atomic mass is 9.95. The normalized spacial score (nSPS) is 16.7. The first-order chi connectivity index (χ1) is 14.2. The first kappa shape index (κ1) is 19.4. The summed E-state index contributed by atoms with van der Waals surface area (Å²) in [6.45, 7) is 0.822. The van der Waals surface area contributed by atoms with Gasteiger partial charge in [0.05, 0.1) is 6.20 Å². The van der Waals surface area contributed by atoms with Crippen molar-refractivity contribution < 1.29 is 13.6 Å². The van der Waals surface area contributed by atoms with E-state index in [1.54, 1.807) is 18.3 Å². The predicted molar refractivity (Wildman–Crippen MR) is 110 cm³/mol. The number of halogens is 1. The van der Waals surface area contributed by atoms with Gasteiger partial charge in [-0.15, -0.1) is 0 Å². The van der Waals surface area contributed by atoms with E-state index in [-0.39, 0.29) is 17.8 Å². The van der Waals surface area contributed by atoms with Crippen molar-refractivity contribution in [3.8, 4) is 11.3 Å². The molecule has 2 heterocycles. The maximum absolute atomic E-state index is 13.1. The van der Waals surface area contributed by atoms with Crippen LogP contribution in [0, 0.1) is 5.82 Å². The van der Waals surface area contributed by atoms with Gasteiger partial charge in [-0.2, -0.15) is 0 Å². The zero-order valence-electron chi connectivity index (χ0n) is 16.4. The molecule has 0 aliphatic carbocycles. The molecule has 3 aromatic rings. The number of aryl methyl sites for hydroxylation is 1. The van der Waals surface area contributed by atoms with E-state index in [1.807, 2.05) is 23.1 Å². The third kappa shape index (κ3) is 4.91. The molecule has 1 fully saturated rings. The Morgan fingerprint density at radius 3 is 2.69 bits per heavy atom. The van der Waals surface area contributed by atoms with Crippen LogP contribution in [-0.4, -0.2) is 28.4 Å². The van der Waals surface area contributed by atoms with Gasteiger partial charge in [0.1, 0.15) is 5.82 Å². The SMILES string of the molecule is O=C(CCc1ncc(-c2ccc(F)cc2)o1)N1CCCC[C@@H]1Cc1ccccc1. The van der Waals surface area contributed by atoms with Crippen molar-refractivity contribution >= 4 is 5.91 Å². The Hall–Kier alpha value is -2.95. The number of carbonyl (C=O) groups is 1. The highest BCUT2D eigenvalue weighted by Crippen LogP contribution is 2.24. The quantitative estimate of drug-likeness (QED) is 0.591. The molecule has 29 heavy (non-hydrogen) atoms. The standard InChI is InChI=1S/C24H25FN2O2/c25-20-11-9-19(10-12-20)22-17-26-23(29-22)13-14-24(28)27-15-5-4-8-21(27)16-18-6-2-1-3-7-18/h1-3,6-7,9-12,17,21H,4-5,8,13-16H2/t21-/m1/s1. The van der Waals surface area contributed by atoms with E-state index in [1.165, 1.54) is 24.1 Å². The number of benzene rings is 2.